The first-order valence-corrected chi connectivity index (χ1v) is 10.8. The Morgan fingerprint density at radius 1 is 1.06 bits per heavy atom. The van der Waals surface area contributed by atoms with Crippen LogP contribution in [0.4, 0.5) is 0 Å². The van der Waals surface area contributed by atoms with Gasteiger partial charge in [-0.05, 0) is 42.0 Å². The average molecular weight is 441 g/mol. The number of hydrogen-bond donors (Lipinski definition) is 2. The Bertz CT molecular complexity index is 1290. The van der Waals surface area contributed by atoms with Gasteiger partial charge in [-0.1, -0.05) is 12.1 Å². The molecule has 4 aromatic rings. The van der Waals surface area contributed by atoms with Crippen LogP contribution in [0.25, 0.3) is 33.4 Å². The first-order chi connectivity index (χ1) is 16.2. The molecule has 3 heterocycles. The first kappa shape index (κ1) is 20.9. The molecule has 1 fully saturated rings. The number of morpholine rings is 1. The lowest BCUT2D eigenvalue weighted by molar-refractivity contribution is 0.0322. The summed E-state index contributed by atoms with van der Waals surface area (Å²) in [5, 5.41) is 27.5. The van der Waals surface area contributed by atoms with E-state index in [2.05, 4.69) is 26.2 Å². The van der Waals surface area contributed by atoms with Crippen LogP contribution in [0.5, 0.6) is 11.5 Å². The number of phenols is 1. The molecule has 5 rings (SSSR count). The van der Waals surface area contributed by atoms with E-state index in [9.17, 15) is 10.4 Å². The Hall–Kier alpha value is -3.93. The summed E-state index contributed by atoms with van der Waals surface area (Å²) in [6.45, 7) is 4.89. The van der Waals surface area contributed by atoms with Crippen molar-refractivity contribution in [3.63, 3.8) is 0 Å². The van der Waals surface area contributed by atoms with Gasteiger partial charge in [0.15, 0.2) is 5.65 Å². The molecule has 8 nitrogen and oxygen atoms in total. The second-order valence-electron chi connectivity index (χ2n) is 7.83. The molecule has 1 saturated heterocycles. The van der Waals surface area contributed by atoms with E-state index in [1.807, 2.05) is 24.3 Å². The minimum absolute atomic E-state index is 0.157. The SMILES string of the molecule is N#Cc1c(-c2ccc(O)cc2)nc2[nH]ncc2c1-c1ccc(OCCN2CCOCC2)cc1. The van der Waals surface area contributed by atoms with Gasteiger partial charge in [0.25, 0.3) is 0 Å². The highest BCUT2D eigenvalue weighted by molar-refractivity contribution is 5.99. The van der Waals surface area contributed by atoms with Crippen molar-refractivity contribution >= 4 is 11.0 Å². The van der Waals surface area contributed by atoms with Crippen LogP contribution in [0.2, 0.25) is 0 Å². The zero-order valence-electron chi connectivity index (χ0n) is 18.0. The quantitative estimate of drug-likeness (QED) is 0.471. The molecule has 0 unspecified atom stereocenters. The maximum Gasteiger partial charge on any atom is 0.156 e. The van der Waals surface area contributed by atoms with Gasteiger partial charge in [0.1, 0.15) is 24.2 Å². The number of aromatic nitrogens is 3. The smallest absolute Gasteiger partial charge is 0.156 e. The van der Waals surface area contributed by atoms with Crippen molar-refractivity contribution in [1.82, 2.24) is 20.1 Å². The van der Waals surface area contributed by atoms with E-state index in [0.717, 1.165) is 60.7 Å². The lowest BCUT2D eigenvalue weighted by Gasteiger charge is -2.26. The lowest BCUT2D eigenvalue weighted by Crippen LogP contribution is -2.38. The Balaban J connectivity index is 1.44. The number of aromatic amines is 1. The highest BCUT2D eigenvalue weighted by Crippen LogP contribution is 2.36. The Labute approximate surface area is 191 Å². The summed E-state index contributed by atoms with van der Waals surface area (Å²) in [7, 11) is 0. The van der Waals surface area contributed by atoms with E-state index in [1.54, 1.807) is 30.5 Å². The van der Waals surface area contributed by atoms with Gasteiger partial charge in [-0.15, -0.1) is 0 Å². The summed E-state index contributed by atoms with van der Waals surface area (Å²) in [4.78, 5) is 6.96. The van der Waals surface area contributed by atoms with Crippen molar-refractivity contribution in [2.75, 3.05) is 39.5 Å². The second-order valence-corrected chi connectivity index (χ2v) is 7.83. The minimum atomic E-state index is 0.157. The maximum atomic E-state index is 10.1. The molecule has 8 heteroatoms. The summed E-state index contributed by atoms with van der Waals surface area (Å²) in [6.07, 6.45) is 1.69. The third kappa shape index (κ3) is 4.37. The van der Waals surface area contributed by atoms with Gasteiger partial charge in [-0.2, -0.15) is 10.4 Å². The molecule has 0 aliphatic carbocycles. The fourth-order valence-corrected chi connectivity index (χ4v) is 4.04. The minimum Gasteiger partial charge on any atom is -0.508 e. The van der Waals surface area contributed by atoms with E-state index >= 15 is 0 Å². The van der Waals surface area contributed by atoms with Gasteiger partial charge in [0.2, 0.25) is 0 Å². The van der Waals surface area contributed by atoms with Crippen LogP contribution >= 0.6 is 0 Å². The number of H-pyrrole nitrogens is 1. The van der Waals surface area contributed by atoms with Gasteiger partial charge >= 0.3 is 0 Å². The van der Waals surface area contributed by atoms with Crippen LogP contribution in [0.1, 0.15) is 5.56 Å². The number of benzene rings is 2. The van der Waals surface area contributed by atoms with Crippen LogP contribution < -0.4 is 4.74 Å². The predicted molar refractivity (Wildman–Crippen MR) is 124 cm³/mol. The van der Waals surface area contributed by atoms with Gasteiger partial charge in [-0.25, -0.2) is 4.98 Å². The summed E-state index contributed by atoms with van der Waals surface area (Å²) < 4.78 is 11.3. The molecule has 0 atom stereocenters. The first-order valence-electron chi connectivity index (χ1n) is 10.8. The molecule has 2 aromatic heterocycles. The van der Waals surface area contributed by atoms with Crippen molar-refractivity contribution in [1.29, 1.82) is 5.26 Å². The van der Waals surface area contributed by atoms with E-state index in [-0.39, 0.29) is 5.75 Å². The van der Waals surface area contributed by atoms with Gasteiger partial charge in [-0.3, -0.25) is 10.00 Å². The van der Waals surface area contributed by atoms with E-state index in [4.69, 9.17) is 9.47 Å². The normalized spacial score (nSPS) is 14.3. The molecule has 0 amide bonds. The van der Waals surface area contributed by atoms with Crippen molar-refractivity contribution in [3.8, 4) is 40.0 Å². The zero-order valence-corrected chi connectivity index (χ0v) is 18.0. The predicted octanol–water partition coefficient (Wildman–Crippen LogP) is 3.58. The molecular weight excluding hydrogens is 418 g/mol. The Morgan fingerprint density at radius 3 is 2.52 bits per heavy atom. The Morgan fingerprint density at radius 2 is 1.79 bits per heavy atom. The number of hydrogen-bond acceptors (Lipinski definition) is 7. The van der Waals surface area contributed by atoms with E-state index in [0.29, 0.717) is 23.5 Å². The topological polar surface area (TPSA) is 107 Å². The summed E-state index contributed by atoms with van der Waals surface area (Å²) >= 11 is 0. The van der Waals surface area contributed by atoms with E-state index < -0.39 is 0 Å². The van der Waals surface area contributed by atoms with Gasteiger partial charge in [0, 0.05) is 36.1 Å². The van der Waals surface area contributed by atoms with Gasteiger partial charge in [0.05, 0.1) is 30.7 Å². The number of rotatable bonds is 6. The molecule has 33 heavy (non-hydrogen) atoms. The number of phenolic OH excluding ortho intramolecular Hbond substituents is 1. The molecule has 0 radical (unpaired) electrons. The monoisotopic (exact) mass is 441 g/mol. The molecule has 2 aromatic carbocycles. The van der Waals surface area contributed by atoms with Crippen LogP contribution in [-0.2, 0) is 4.74 Å². The number of nitrogens with zero attached hydrogens (tertiary/aromatic N) is 4. The fourth-order valence-electron chi connectivity index (χ4n) is 4.04. The van der Waals surface area contributed by atoms with Crippen LogP contribution in [0.15, 0.2) is 54.7 Å². The van der Waals surface area contributed by atoms with Crippen LogP contribution in [0.3, 0.4) is 0 Å². The summed E-state index contributed by atoms with van der Waals surface area (Å²) in [6, 6.07) is 16.7. The molecule has 2 N–H and O–H groups in total. The Kier molecular flexibility index (Phi) is 5.89. The zero-order chi connectivity index (χ0) is 22.6. The second kappa shape index (κ2) is 9.28. The molecule has 0 saturated carbocycles. The van der Waals surface area contributed by atoms with Gasteiger partial charge < -0.3 is 14.6 Å². The summed E-state index contributed by atoms with van der Waals surface area (Å²) in [5.41, 5.74) is 3.97. The third-order valence-electron chi connectivity index (χ3n) is 5.77. The van der Waals surface area contributed by atoms with Crippen molar-refractivity contribution in [2.24, 2.45) is 0 Å². The number of fused-ring (bicyclic) bond motifs is 1. The molecule has 1 aliphatic heterocycles. The van der Waals surface area contributed by atoms with E-state index in [1.165, 1.54) is 0 Å². The maximum absolute atomic E-state index is 10.1. The number of nitriles is 1. The number of nitrogens with one attached hydrogen (secondary N) is 1. The molecule has 0 spiro atoms. The fraction of sp³-hybridized carbons (Fsp3) is 0.240. The lowest BCUT2D eigenvalue weighted by atomic mass is 9.94. The molecule has 1 aliphatic rings. The third-order valence-corrected chi connectivity index (χ3v) is 5.77. The highest BCUT2D eigenvalue weighted by atomic mass is 16.5. The van der Waals surface area contributed by atoms with Crippen molar-refractivity contribution < 1.29 is 14.6 Å². The largest absolute Gasteiger partial charge is 0.508 e. The number of aromatic hydroxyl groups is 1. The van der Waals surface area contributed by atoms with Crippen LogP contribution in [0, 0.1) is 11.3 Å². The van der Waals surface area contributed by atoms with Crippen molar-refractivity contribution in [2.45, 2.75) is 0 Å². The molecular formula is C25H23N5O3. The van der Waals surface area contributed by atoms with Crippen molar-refractivity contribution in [3.05, 3.63) is 60.3 Å². The number of ether oxygens (including phenoxy) is 2. The number of pyridine rings is 1. The summed E-state index contributed by atoms with van der Waals surface area (Å²) in [5.74, 6) is 0.936. The molecule has 166 valence electrons. The molecule has 0 bridgehead atoms. The standard InChI is InChI=1S/C25H23N5O3/c26-15-21-23(17-3-7-20(8-4-17)33-14-11-30-9-12-32-13-10-30)22-16-27-29-25(22)28-24(21)18-1-5-19(31)6-2-18/h1-8,16,31H,9-14H2,(H,27,28,29). The average Bonchev–Trinajstić information content (AvgIpc) is 3.33. The van der Waals surface area contributed by atoms with Crippen LogP contribution in [-0.4, -0.2) is 64.6 Å². The highest BCUT2D eigenvalue weighted by Gasteiger charge is 2.19.